The van der Waals surface area contributed by atoms with E-state index in [0.717, 1.165) is 6.04 Å². The van der Waals surface area contributed by atoms with Crippen LogP contribution in [0.25, 0.3) is 0 Å². The van der Waals surface area contributed by atoms with Gasteiger partial charge in [-0.3, -0.25) is 0 Å². The average molecular weight is 432 g/mol. The Morgan fingerprint density at radius 2 is 1.90 bits per heavy atom. The van der Waals surface area contributed by atoms with Gasteiger partial charge in [0.15, 0.2) is 0 Å². The molecule has 0 saturated carbocycles. The molecular formula is C7H16NReXe. The summed E-state index contributed by atoms with van der Waals surface area (Å²) in [5.74, 6) is 0. The quantitative estimate of drug-likeness (QED) is 0.655. The van der Waals surface area contributed by atoms with Gasteiger partial charge in [-0.05, 0) is 0 Å². The van der Waals surface area contributed by atoms with Crippen molar-refractivity contribution < 1.29 is 49.0 Å². The van der Waals surface area contributed by atoms with E-state index in [-0.39, 0.29) is 0 Å². The second-order valence-electron chi connectivity index (χ2n) is 2.85. The summed E-state index contributed by atoms with van der Waals surface area (Å²) in [4.78, 5) is 2.45. The number of nitrogens with zero attached hydrogens (tertiary/aromatic N) is 1. The Kier molecular flexibility index (Phi) is 8.15. The molecule has 0 heterocycles. The van der Waals surface area contributed by atoms with Gasteiger partial charge in [0.2, 0.25) is 0 Å². The summed E-state index contributed by atoms with van der Waals surface area (Å²) in [7, 11) is 4.20. The molecule has 0 aromatic carbocycles. The van der Waals surface area contributed by atoms with Gasteiger partial charge in [-0.25, -0.2) is 0 Å². The predicted octanol–water partition coefficient (Wildman–Crippen LogP) is 1.68. The van der Waals surface area contributed by atoms with Gasteiger partial charge >= 0.3 is 94.7 Å². The van der Waals surface area contributed by atoms with Crippen molar-refractivity contribution in [1.29, 1.82) is 0 Å². The zero-order valence-electron chi connectivity index (χ0n) is 7.04. The molecule has 0 aliphatic carbocycles. The second-order valence-corrected chi connectivity index (χ2v) is 8.76. The van der Waals surface area contributed by atoms with Crippen LogP contribution >= 0.6 is 0 Å². The van der Waals surface area contributed by atoms with Crippen LogP contribution in [0.2, 0.25) is 0.889 Å². The van der Waals surface area contributed by atoms with Gasteiger partial charge in [0.05, 0.1) is 0 Å². The first kappa shape index (κ1) is 12.2. The van der Waals surface area contributed by atoms with Crippen molar-refractivity contribution >= 4 is 0 Å². The Hall–Kier alpha value is 2.19. The molecule has 64 valence electrons. The number of hydrogen-bond acceptors (Lipinski definition) is 1. The first-order valence-corrected chi connectivity index (χ1v) is 12.1. The minimum atomic E-state index is 0.672. The molecule has 0 amide bonds. The van der Waals surface area contributed by atoms with Crippen LogP contribution in [-0.4, -0.2) is 24.0 Å². The van der Waals surface area contributed by atoms with E-state index in [1.165, 1.54) is 0.889 Å². The van der Waals surface area contributed by atoms with E-state index in [1.54, 1.807) is 0 Å². The number of rotatable bonds is 4. The summed E-state index contributed by atoms with van der Waals surface area (Å²) in [5.41, 5.74) is 0. The molecule has 0 saturated heterocycles. The molecule has 1 atom stereocenters. The van der Waals surface area contributed by atoms with Gasteiger partial charge in [0.1, 0.15) is 0 Å². The first-order valence-electron chi connectivity index (χ1n) is 3.49. The Morgan fingerprint density at radius 3 is 2.20 bits per heavy atom. The van der Waals surface area contributed by atoms with Crippen LogP contribution in [0.3, 0.4) is 0 Å². The standard InChI is InChI=1S/C7H16NXe.Re/c1-6(2)8(4)7(3)5-9;/h6-7H,5H2,1-4H3;. The molecule has 0 N–H and O–H groups in total. The van der Waals surface area contributed by atoms with Crippen molar-refractivity contribution in [2.24, 2.45) is 0 Å². The fraction of sp³-hybridized carbons (Fsp3) is 1.00. The molecule has 0 aromatic heterocycles. The van der Waals surface area contributed by atoms with Crippen LogP contribution in [0, 0.1) is 39.5 Å². The normalized spacial score (nSPS) is 15.1. The fourth-order valence-corrected chi connectivity index (χ4v) is 5.53. The molecule has 1 nitrogen and oxygen atoms in total. The van der Waals surface area contributed by atoms with Gasteiger partial charge in [-0.2, -0.15) is 0 Å². The number of hydrogen-bond donors (Lipinski definition) is 0. The van der Waals surface area contributed by atoms with E-state index in [0.29, 0.717) is 45.5 Å². The molecule has 0 rings (SSSR count). The summed E-state index contributed by atoms with van der Waals surface area (Å²) >= 11 is 0.672. The molecule has 0 bridgehead atoms. The van der Waals surface area contributed by atoms with Crippen LogP contribution < -0.4 is 0 Å². The SMILES string of the molecule is CC(C)N(C)C(C)C[Xe][Re]. The third-order valence-corrected chi connectivity index (χ3v) is 5.91. The van der Waals surface area contributed by atoms with Gasteiger partial charge in [-0.15, -0.1) is 0 Å². The zero-order chi connectivity index (χ0) is 8.15. The van der Waals surface area contributed by atoms with E-state index < -0.39 is 0 Å². The third kappa shape index (κ3) is 4.95. The maximum absolute atomic E-state index is 2.45. The molecule has 0 aromatic rings. The fourth-order valence-electron chi connectivity index (χ4n) is 0.690. The monoisotopic (exact) mass is 433 g/mol. The third-order valence-electron chi connectivity index (χ3n) is 1.77. The molecule has 0 spiro atoms. The topological polar surface area (TPSA) is 3.24 Å². The maximum atomic E-state index is 2.45. The molecule has 3 heteroatoms. The predicted molar refractivity (Wildman–Crippen MR) is 37.2 cm³/mol. The van der Waals surface area contributed by atoms with E-state index >= 15 is 0 Å². The average Bonchev–Trinajstić information content (AvgIpc) is 1.87. The molecule has 0 radical (unpaired) electrons. The Balaban J connectivity index is 3.58. The second kappa shape index (κ2) is 6.68. The molecular weight excluding hydrogens is 416 g/mol. The zero-order valence-corrected chi connectivity index (χ0v) is 11.8. The summed E-state index contributed by atoms with van der Waals surface area (Å²) in [6, 6.07) is 1.50. The molecule has 0 aliphatic rings. The Bertz CT molecular complexity index is 87.7. The van der Waals surface area contributed by atoms with Crippen LogP contribution in [0.1, 0.15) is 20.8 Å². The Morgan fingerprint density at radius 1 is 1.40 bits per heavy atom. The van der Waals surface area contributed by atoms with E-state index in [9.17, 15) is 0 Å². The van der Waals surface area contributed by atoms with Crippen LogP contribution in [0.15, 0.2) is 0 Å². The van der Waals surface area contributed by atoms with Crippen LogP contribution in [-0.2, 0) is 9.49 Å². The molecule has 0 fully saturated rings. The van der Waals surface area contributed by atoms with Crippen molar-refractivity contribution in [3.05, 3.63) is 0 Å². The van der Waals surface area contributed by atoms with Crippen molar-refractivity contribution in [2.75, 3.05) is 7.05 Å². The molecule has 10 heavy (non-hydrogen) atoms. The summed E-state index contributed by atoms with van der Waals surface area (Å²) in [6.45, 7) is 6.84. The van der Waals surface area contributed by atoms with Crippen molar-refractivity contribution in [3.8, 4) is 0 Å². The van der Waals surface area contributed by atoms with Gasteiger partial charge in [-0.1, -0.05) is 0 Å². The van der Waals surface area contributed by atoms with E-state index in [1.807, 2.05) is 9.49 Å². The summed E-state index contributed by atoms with van der Waals surface area (Å²) in [5, 5.41) is 0. The first-order chi connectivity index (χ1) is 4.59. The van der Waals surface area contributed by atoms with E-state index in [4.69, 9.17) is 0 Å². The van der Waals surface area contributed by atoms with Crippen LogP contribution in [0.4, 0.5) is 0 Å². The van der Waals surface area contributed by atoms with Gasteiger partial charge < -0.3 is 0 Å². The van der Waals surface area contributed by atoms with Crippen molar-refractivity contribution in [1.82, 2.24) is 4.90 Å². The minimum absolute atomic E-state index is 0.672. The van der Waals surface area contributed by atoms with E-state index in [2.05, 4.69) is 32.7 Å². The van der Waals surface area contributed by atoms with Crippen molar-refractivity contribution in [3.63, 3.8) is 0 Å². The van der Waals surface area contributed by atoms with Gasteiger partial charge in [0.25, 0.3) is 0 Å². The van der Waals surface area contributed by atoms with Crippen LogP contribution in [0.5, 0.6) is 0 Å². The molecule has 1 unspecified atom stereocenters. The van der Waals surface area contributed by atoms with Gasteiger partial charge in [0, 0.05) is 0 Å². The summed E-state index contributed by atoms with van der Waals surface area (Å²) in [6.07, 6.45) is 0. The summed E-state index contributed by atoms with van der Waals surface area (Å²) < 4.78 is 1.43. The van der Waals surface area contributed by atoms with Crippen molar-refractivity contribution in [2.45, 2.75) is 33.7 Å². The Labute approximate surface area is 92.7 Å². The molecule has 0 aliphatic heterocycles.